The topological polar surface area (TPSA) is 71.8 Å². The minimum absolute atomic E-state index is 0.000340. The quantitative estimate of drug-likeness (QED) is 0.887. The minimum Gasteiger partial charge on any atom is -0.327 e. The van der Waals surface area contributed by atoms with Gasteiger partial charge in [-0.25, -0.2) is 0 Å². The maximum Gasteiger partial charge on any atom is 0.450 e. The number of H-pyrrole nitrogens is 1. The lowest BCUT2D eigenvalue weighted by molar-refractivity contribution is -0.170. The van der Waals surface area contributed by atoms with Crippen LogP contribution in [0.15, 0.2) is 6.07 Å². The van der Waals surface area contributed by atoms with E-state index in [1.165, 1.54) is 6.07 Å². The summed E-state index contributed by atoms with van der Waals surface area (Å²) < 4.78 is 36.5. The smallest absolute Gasteiger partial charge is 0.327 e. The number of ketones is 1. The number of nitrogens with one attached hydrogen (secondary N) is 1. The second-order valence-corrected chi connectivity index (χ2v) is 4.97. The predicted octanol–water partition coefficient (Wildman–Crippen LogP) is 2.07. The first-order valence-corrected chi connectivity index (χ1v) is 6.27. The molecule has 1 fully saturated rings. The van der Waals surface area contributed by atoms with Gasteiger partial charge in [0, 0.05) is 17.7 Å². The Morgan fingerprint density at radius 1 is 1.42 bits per heavy atom. The van der Waals surface area contributed by atoms with Gasteiger partial charge in [0.25, 0.3) is 0 Å². The molecular weight excluding hydrogens is 259 g/mol. The lowest BCUT2D eigenvalue weighted by atomic mass is 9.83. The summed E-state index contributed by atoms with van der Waals surface area (Å²) in [6, 6.07) is 1.53. The highest BCUT2D eigenvalue weighted by molar-refractivity contribution is 5.85. The van der Waals surface area contributed by atoms with Crippen molar-refractivity contribution in [2.45, 2.75) is 50.2 Å². The summed E-state index contributed by atoms with van der Waals surface area (Å²) in [7, 11) is 0. The fourth-order valence-electron chi connectivity index (χ4n) is 2.47. The van der Waals surface area contributed by atoms with E-state index < -0.39 is 18.4 Å². The van der Waals surface area contributed by atoms with Gasteiger partial charge in [-0.3, -0.25) is 9.89 Å². The zero-order chi connectivity index (χ0) is 14.0. The van der Waals surface area contributed by atoms with E-state index in [2.05, 4.69) is 10.2 Å². The Morgan fingerprint density at radius 2 is 2.11 bits per heavy atom. The number of carbonyl (C=O) groups excluding carboxylic acids is 1. The lowest BCUT2D eigenvalue weighted by Gasteiger charge is -2.27. The Kier molecular flexibility index (Phi) is 3.93. The molecule has 1 aliphatic carbocycles. The molecule has 106 valence electrons. The number of halogens is 3. The van der Waals surface area contributed by atoms with Crippen LogP contribution in [0.3, 0.4) is 0 Å². The maximum absolute atomic E-state index is 12.2. The van der Waals surface area contributed by atoms with E-state index in [9.17, 15) is 18.0 Å². The van der Waals surface area contributed by atoms with Crippen LogP contribution in [0.4, 0.5) is 13.2 Å². The summed E-state index contributed by atoms with van der Waals surface area (Å²) in [6.07, 6.45) is -1.60. The number of nitrogens with zero attached hydrogens (tertiary/aromatic N) is 1. The molecule has 0 bridgehead atoms. The number of aromatic amines is 1. The van der Waals surface area contributed by atoms with Crippen molar-refractivity contribution in [1.82, 2.24) is 10.2 Å². The number of alkyl halides is 3. The number of rotatable bonds is 3. The predicted molar refractivity (Wildman–Crippen MR) is 62.5 cm³/mol. The Hall–Kier alpha value is -1.37. The van der Waals surface area contributed by atoms with Gasteiger partial charge in [0.2, 0.25) is 5.78 Å². The van der Waals surface area contributed by atoms with E-state index in [4.69, 9.17) is 5.73 Å². The Labute approximate surface area is 108 Å². The molecule has 7 heteroatoms. The fourth-order valence-corrected chi connectivity index (χ4v) is 2.47. The molecule has 1 aromatic rings. The van der Waals surface area contributed by atoms with Crippen molar-refractivity contribution >= 4 is 5.78 Å². The maximum atomic E-state index is 12.2. The summed E-state index contributed by atoms with van der Waals surface area (Å²) in [5.74, 6) is -1.69. The highest BCUT2D eigenvalue weighted by atomic mass is 19.4. The Morgan fingerprint density at radius 3 is 2.74 bits per heavy atom. The van der Waals surface area contributed by atoms with Crippen molar-refractivity contribution in [2.24, 2.45) is 5.73 Å². The van der Waals surface area contributed by atoms with Crippen LogP contribution in [-0.4, -0.2) is 28.2 Å². The van der Waals surface area contributed by atoms with Gasteiger partial charge in [-0.2, -0.15) is 18.3 Å². The van der Waals surface area contributed by atoms with Gasteiger partial charge in [-0.15, -0.1) is 0 Å². The van der Waals surface area contributed by atoms with E-state index in [1.807, 2.05) is 0 Å². The number of carbonyl (C=O) groups is 1. The van der Waals surface area contributed by atoms with Crippen LogP contribution in [0.25, 0.3) is 0 Å². The SMILES string of the molecule is N[C@@H]1CCCC[C@H]1c1cc(CC(=O)C(F)(F)F)n[nH]1. The third kappa shape index (κ3) is 3.34. The Balaban J connectivity index is 2.04. The van der Waals surface area contributed by atoms with Gasteiger partial charge < -0.3 is 5.73 Å². The number of aromatic nitrogens is 2. The normalized spacial score (nSPS) is 24.4. The van der Waals surface area contributed by atoms with E-state index in [0.717, 1.165) is 31.4 Å². The molecular formula is C12H16F3N3O. The second kappa shape index (κ2) is 5.32. The molecule has 0 unspecified atom stereocenters. The first-order valence-electron chi connectivity index (χ1n) is 6.27. The number of hydrogen-bond acceptors (Lipinski definition) is 3. The molecule has 0 spiro atoms. The lowest BCUT2D eigenvalue weighted by Crippen LogP contribution is -2.31. The zero-order valence-corrected chi connectivity index (χ0v) is 10.3. The third-order valence-electron chi connectivity index (χ3n) is 3.53. The van der Waals surface area contributed by atoms with Crippen molar-refractivity contribution in [3.63, 3.8) is 0 Å². The molecule has 2 rings (SSSR count). The highest BCUT2D eigenvalue weighted by Gasteiger charge is 2.38. The van der Waals surface area contributed by atoms with Gasteiger partial charge in [0.1, 0.15) is 0 Å². The van der Waals surface area contributed by atoms with Crippen molar-refractivity contribution in [2.75, 3.05) is 0 Å². The van der Waals surface area contributed by atoms with Crippen LogP contribution in [0.5, 0.6) is 0 Å². The number of nitrogens with two attached hydrogens (primary N) is 1. The molecule has 1 saturated carbocycles. The summed E-state index contributed by atoms with van der Waals surface area (Å²) in [5.41, 5.74) is 6.85. The van der Waals surface area contributed by atoms with Gasteiger partial charge >= 0.3 is 6.18 Å². The molecule has 2 atom stereocenters. The largest absolute Gasteiger partial charge is 0.450 e. The third-order valence-corrected chi connectivity index (χ3v) is 3.53. The number of hydrogen-bond donors (Lipinski definition) is 2. The summed E-state index contributed by atoms with van der Waals surface area (Å²) in [5, 5.41) is 6.49. The second-order valence-electron chi connectivity index (χ2n) is 4.97. The van der Waals surface area contributed by atoms with Crippen LogP contribution in [0.1, 0.15) is 43.0 Å². The minimum atomic E-state index is -4.81. The molecule has 1 heterocycles. The van der Waals surface area contributed by atoms with Gasteiger partial charge in [0.05, 0.1) is 12.1 Å². The van der Waals surface area contributed by atoms with Gasteiger partial charge in [-0.1, -0.05) is 12.8 Å². The molecule has 0 amide bonds. The van der Waals surface area contributed by atoms with Crippen LogP contribution in [0.2, 0.25) is 0 Å². The molecule has 4 nitrogen and oxygen atoms in total. The fraction of sp³-hybridized carbons (Fsp3) is 0.667. The molecule has 0 saturated heterocycles. The molecule has 19 heavy (non-hydrogen) atoms. The molecule has 0 aromatic carbocycles. The monoisotopic (exact) mass is 275 g/mol. The zero-order valence-electron chi connectivity index (χ0n) is 10.3. The van der Waals surface area contributed by atoms with Crippen molar-refractivity contribution in [1.29, 1.82) is 0 Å². The average Bonchev–Trinajstić information content (AvgIpc) is 2.76. The summed E-state index contributed by atoms with van der Waals surface area (Å²) >= 11 is 0. The van der Waals surface area contributed by atoms with E-state index in [1.54, 1.807) is 0 Å². The molecule has 1 aliphatic rings. The van der Waals surface area contributed by atoms with Crippen LogP contribution < -0.4 is 5.73 Å². The summed E-state index contributed by atoms with van der Waals surface area (Å²) in [6.45, 7) is 0. The van der Waals surface area contributed by atoms with Gasteiger partial charge in [-0.05, 0) is 18.9 Å². The van der Waals surface area contributed by atoms with Gasteiger partial charge in [0.15, 0.2) is 0 Å². The van der Waals surface area contributed by atoms with Crippen LogP contribution in [-0.2, 0) is 11.2 Å². The van der Waals surface area contributed by atoms with E-state index >= 15 is 0 Å². The molecule has 0 radical (unpaired) electrons. The van der Waals surface area contributed by atoms with Crippen molar-refractivity contribution < 1.29 is 18.0 Å². The van der Waals surface area contributed by atoms with Crippen LogP contribution >= 0.6 is 0 Å². The van der Waals surface area contributed by atoms with E-state index in [0.29, 0.717) is 0 Å². The molecule has 0 aliphatic heterocycles. The first-order chi connectivity index (χ1) is 8.88. The molecule has 3 N–H and O–H groups in total. The standard InChI is InChI=1S/C12H16F3N3O/c13-12(14,15)11(19)6-7-5-10(18-17-7)8-3-1-2-4-9(8)16/h5,8-9H,1-4,6,16H2,(H,17,18)/t8-,9-/m1/s1. The molecule has 1 aromatic heterocycles. The van der Waals surface area contributed by atoms with Crippen LogP contribution in [0, 0.1) is 0 Å². The highest BCUT2D eigenvalue weighted by Crippen LogP contribution is 2.31. The summed E-state index contributed by atoms with van der Waals surface area (Å²) in [4.78, 5) is 10.9. The number of Topliss-reactive ketones (excluding diaryl/α,β-unsaturated/α-hetero) is 1. The van der Waals surface area contributed by atoms with Crippen molar-refractivity contribution in [3.05, 3.63) is 17.5 Å². The van der Waals surface area contributed by atoms with Crippen molar-refractivity contribution in [3.8, 4) is 0 Å². The average molecular weight is 275 g/mol. The Bertz CT molecular complexity index is 455. The first kappa shape index (κ1) is 14.0. The van der Waals surface area contributed by atoms with E-state index in [-0.39, 0.29) is 17.7 Å².